The van der Waals surface area contributed by atoms with Gasteiger partial charge >= 0.3 is 0 Å². The molecule has 0 radical (unpaired) electrons. The number of halogens is 2. The minimum Gasteiger partial charge on any atom is -0.494 e. The third kappa shape index (κ3) is 6.72. The molecule has 3 aromatic rings. The molecular weight excluding hydrogens is 407 g/mol. The van der Waals surface area contributed by atoms with Crippen molar-refractivity contribution in [3.63, 3.8) is 0 Å². The van der Waals surface area contributed by atoms with Gasteiger partial charge in [0, 0.05) is 22.5 Å². The molecule has 0 saturated heterocycles. The average Bonchev–Trinajstić information content (AvgIpc) is 3.10. The van der Waals surface area contributed by atoms with Crippen LogP contribution in [-0.2, 0) is 0 Å². The standard InChI is InChI=1S/C24H30Cl2O3/c25-13-5-1-3-7-15-27-19-9-11-23-21(17-19)22-18-20(10-12-24(22)29-23)28-16-8-4-2-6-14-26/h9-12,17-18H,1-8,13-16H2. The van der Waals surface area contributed by atoms with Gasteiger partial charge in [-0.1, -0.05) is 25.7 Å². The SMILES string of the molecule is ClCCCCCCOc1ccc2oc3ccc(OCCCCCCCl)cc3c2c1. The van der Waals surface area contributed by atoms with E-state index in [9.17, 15) is 0 Å². The van der Waals surface area contributed by atoms with Crippen LogP contribution in [0.15, 0.2) is 40.8 Å². The maximum absolute atomic E-state index is 5.97. The number of benzene rings is 2. The van der Waals surface area contributed by atoms with E-state index in [0.29, 0.717) is 0 Å². The monoisotopic (exact) mass is 436 g/mol. The van der Waals surface area contributed by atoms with Crippen LogP contribution in [0.2, 0.25) is 0 Å². The van der Waals surface area contributed by atoms with Crippen molar-refractivity contribution < 1.29 is 13.9 Å². The van der Waals surface area contributed by atoms with Gasteiger partial charge in [-0.3, -0.25) is 0 Å². The summed E-state index contributed by atoms with van der Waals surface area (Å²) in [7, 11) is 0. The largest absolute Gasteiger partial charge is 0.494 e. The Morgan fingerprint density at radius 3 is 1.48 bits per heavy atom. The third-order valence-corrected chi connectivity index (χ3v) is 5.54. The molecule has 0 saturated carbocycles. The summed E-state index contributed by atoms with van der Waals surface area (Å²) in [5.41, 5.74) is 1.74. The second kappa shape index (κ2) is 12.2. The molecule has 1 aromatic heterocycles. The highest BCUT2D eigenvalue weighted by Gasteiger charge is 2.09. The Kier molecular flexibility index (Phi) is 9.30. The average molecular weight is 437 g/mol. The topological polar surface area (TPSA) is 31.6 Å². The predicted molar refractivity (Wildman–Crippen MR) is 123 cm³/mol. The van der Waals surface area contributed by atoms with E-state index in [4.69, 9.17) is 37.1 Å². The fourth-order valence-electron chi connectivity index (χ4n) is 3.40. The van der Waals surface area contributed by atoms with Crippen LogP contribution in [0.5, 0.6) is 11.5 Å². The Morgan fingerprint density at radius 2 is 1.03 bits per heavy atom. The first-order valence-corrected chi connectivity index (χ1v) is 11.7. The van der Waals surface area contributed by atoms with E-state index >= 15 is 0 Å². The molecule has 0 N–H and O–H groups in total. The van der Waals surface area contributed by atoms with Crippen molar-refractivity contribution in [2.45, 2.75) is 51.4 Å². The maximum atomic E-state index is 5.97. The molecule has 5 heteroatoms. The molecule has 2 aromatic carbocycles. The van der Waals surface area contributed by atoms with Crippen LogP contribution in [0, 0.1) is 0 Å². The molecule has 0 bridgehead atoms. The van der Waals surface area contributed by atoms with Gasteiger partial charge in [-0.2, -0.15) is 0 Å². The lowest BCUT2D eigenvalue weighted by Crippen LogP contribution is -1.97. The molecule has 3 rings (SSSR count). The van der Waals surface area contributed by atoms with Crippen molar-refractivity contribution in [1.82, 2.24) is 0 Å². The summed E-state index contributed by atoms with van der Waals surface area (Å²) in [5, 5.41) is 2.12. The van der Waals surface area contributed by atoms with E-state index in [-0.39, 0.29) is 0 Å². The van der Waals surface area contributed by atoms with Crippen LogP contribution < -0.4 is 9.47 Å². The zero-order valence-electron chi connectivity index (χ0n) is 16.9. The highest BCUT2D eigenvalue weighted by Crippen LogP contribution is 2.33. The summed E-state index contributed by atoms with van der Waals surface area (Å²) in [6.45, 7) is 1.45. The fourth-order valence-corrected chi connectivity index (χ4v) is 3.77. The normalized spacial score (nSPS) is 11.4. The molecule has 0 aliphatic rings. The lowest BCUT2D eigenvalue weighted by molar-refractivity contribution is 0.305. The second-order valence-corrected chi connectivity index (χ2v) is 8.08. The van der Waals surface area contributed by atoms with E-state index in [1.807, 2.05) is 24.3 Å². The van der Waals surface area contributed by atoms with Crippen LogP contribution in [0.1, 0.15) is 51.4 Å². The molecule has 0 aliphatic heterocycles. The summed E-state index contributed by atoms with van der Waals surface area (Å²) >= 11 is 11.4. The van der Waals surface area contributed by atoms with Gasteiger partial charge in [0.15, 0.2) is 0 Å². The van der Waals surface area contributed by atoms with Gasteiger partial charge in [0.25, 0.3) is 0 Å². The summed E-state index contributed by atoms with van der Waals surface area (Å²) in [5.74, 6) is 3.24. The number of furan rings is 1. The minimum absolute atomic E-state index is 0.724. The van der Waals surface area contributed by atoms with Crippen molar-refractivity contribution in [2.75, 3.05) is 25.0 Å². The predicted octanol–water partition coefficient (Wildman–Crippen LogP) is 7.94. The number of rotatable bonds is 14. The van der Waals surface area contributed by atoms with Gasteiger partial charge < -0.3 is 13.9 Å². The molecule has 0 atom stereocenters. The Morgan fingerprint density at radius 1 is 0.586 bits per heavy atom. The molecule has 0 amide bonds. The van der Waals surface area contributed by atoms with Crippen molar-refractivity contribution in [3.05, 3.63) is 36.4 Å². The first kappa shape index (κ1) is 22.1. The summed E-state index contributed by atoms with van der Waals surface area (Å²) < 4.78 is 17.8. The second-order valence-electron chi connectivity index (χ2n) is 7.32. The van der Waals surface area contributed by atoms with Crippen LogP contribution in [-0.4, -0.2) is 25.0 Å². The third-order valence-electron chi connectivity index (χ3n) is 5.01. The van der Waals surface area contributed by atoms with Crippen LogP contribution in [0.25, 0.3) is 21.9 Å². The number of unbranched alkanes of at least 4 members (excludes halogenated alkanes) is 6. The van der Waals surface area contributed by atoms with Gasteiger partial charge in [0.05, 0.1) is 13.2 Å². The van der Waals surface area contributed by atoms with Gasteiger partial charge in [0.1, 0.15) is 22.7 Å². The van der Waals surface area contributed by atoms with Crippen LogP contribution in [0.4, 0.5) is 0 Å². The van der Waals surface area contributed by atoms with Gasteiger partial charge in [-0.05, 0) is 62.1 Å². The number of hydrogen-bond acceptors (Lipinski definition) is 3. The molecule has 0 spiro atoms. The number of fused-ring (bicyclic) bond motifs is 3. The minimum atomic E-state index is 0.724. The Labute approximate surface area is 183 Å². The van der Waals surface area contributed by atoms with E-state index in [1.165, 1.54) is 0 Å². The molecule has 158 valence electrons. The van der Waals surface area contributed by atoms with E-state index in [2.05, 4.69) is 12.1 Å². The van der Waals surface area contributed by atoms with Crippen LogP contribution in [0.3, 0.4) is 0 Å². The molecule has 0 aliphatic carbocycles. The Hall–Kier alpha value is -1.58. The number of hydrogen-bond donors (Lipinski definition) is 0. The number of alkyl halides is 2. The van der Waals surface area contributed by atoms with Crippen LogP contribution >= 0.6 is 23.2 Å². The van der Waals surface area contributed by atoms with E-state index in [0.717, 1.165) is 110 Å². The van der Waals surface area contributed by atoms with Gasteiger partial charge in [-0.25, -0.2) is 0 Å². The smallest absolute Gasteiger partial charge is 0.135 e. The van der Waals surface area contributed by atoms with Crippen molar-refractivity contribution >= 4 is 45.1 Å². The van der Waals surface area contributed by atoms with Crippen molar-refractivity contribution in [3.8, 4) is 11.5 Å². The quantitative estimate of drug-likeness (QED) is 0.189. The first-order valence-electron chi connectivity index (χ1n) is 10.7. The fraction of sp³-hybridized carbons (Fsp3) is 0.500. The van der Waals surface area contributed by atoms with Crippen molar-refractivity contribution in [1.29, 1.82) is 0 Å². The summed E-state index contributed by atoms with van der Waals surface area (Å²) in [6, 6.07) is 12.0. The Bertz CT molecular complexity index is 805. The molecule has 29 heavy (non-hydrogen) atoms. The first-order chi connectivity index (χ1) is 14.3. The molecule has 0 unspecified atom stereocenters. The van der Waals surface area contributed by atoms with Gasteiger partial charge in [0.2, 0.25) is 0 Å². The van der Waals surface area contributed by atoms with E-state index in [1.54, 1.807) is 0 Å². The highest BCUT2D eigenvalue weighted by molar-refractivity contribution is 6.18. The zero-order chi connectivity index (χ0) is 20.3. The number of ether oxygens (including phenoxy) is 2. The lowest BCUT2D eigenvalue weighted by atomic mass is 10.1. The maximum Gasteiger partial charge on any atom is 0.135 e. The molecule has 1 heterocycles. The summed E-state index contributed by atoms with van der Waals surface area (Å²) in [4.78, 5) is 0. The molecular formula is C24H30Cl2O3. The van der Waals surface area contributed by atoms with E-state index < -0.39 is 0 Å². The van der Waals surface area contributed by atoms with Gasteiger partial charge in [-0.15, -0.1) is 23.2 Å². The Balaban J connectivity index is 1.60. The molecule has 3 nitrogen and oxygen atoms in total. The molecule has 0 fully saturated rings. The zero-order valence-corrected chi connectivity index (χ0v) is 18.4. The summed E-state index contributed by atoms with van der Waals surface area (Å²) in [6.07, 6.45) is 8.86. The highest BCUT2D eigenvalue weighted by atomic mass is 35.5. The van der Waals surface area contributed by atoms with Crippen molar-refractivity contribution in [2.24, 2.45) is 0 Å². The lowest BCUT2D eigenvalue weighted by Gasteiger charge is -2.07.